The molecular formula is C39H25N5. The van der Waals surface area contributed by atoms with Crippen LogP contribution in [0.2, 0.25) is 0 Å². The van der Waals surface area contributed by atoms with Crippen molar-refractivity contribution in [2.75, 3.05) is 0 Å². The number of hydrogen-bond donors (Lipinski definition) is 0. The number of hydrogen-bond acceptors (Lipinski definition) is 3. The SMILES string of the molecule is c1cc(-c2cccc(-c3cccc(-n4c5ccccc5c5ccncc54)n3)n2)cc(-n2c3ccccc3c3ccccc32)c1. The molecule has 5 heterocycles. The second-order valence-corrected chi connectivity index (χ2v) is 11.0. The molecule has 0 spiro atoms. The molecule has 0 aliphatic carbocycles. The number of rotatable bonds is 4. The highest BCUT2D eigenvalue weighted by Gasteiger charge is 2.15. The molecule has 0 atom stereocenters. The quantitative estimate of drug-likeness (QED) is 0.214. The van der Waals surface area contributed by atoms with E-state index in [0.717, 1.165) is 50.6 Å². The Morgan fingerprint density at radius 2 is 0.977 bits per heavy atom. The van der Waals surface area contributed by atoms with E-state index in [1.165, 1.54) is 27.2 Å². The first-order valence-electron chi connectivity index (χ1n) is 14.7. The zero-order valence-electron chi connectivity index (χ0n) is 23.7. The van der Waals surface area contributed by atoms with Crippen molar-refractivity contribution in [2.45, 2.75) is 0 Å². The van der Waals surface area contributed by atoms with Crippen molar-refractivity contribution in [2.24, 2.45) is 0 Å². The standard InChI is InChI=1S/C39H25N5/c1-4-18-35-28(12-1)29-13-2-5-19-36(29)43(35)27-11-7-10-26(24-27)32-15-8-16-33(41-32)34-17-9-21-39(42-34)44-37-20-6-3-14-30(37)31-22-23-40-25-38(31)44/h1-25H. The van der Waals surface area contributed by atoms with E-state index in [9.17, 15) is 0 Å². The number of fused-ring (bicyclic) bond motifs is 6. The molecule has 0 N–H and O–H groups in total. The smallest absolute Gasteiger partial charge is 0.138 e. The predicted molar refractivity (Wildman–Crippen MR) is 179 cm³/mol. The van der Waals surface area contributed by atoms with E-state index in [1.807, 2.05) is 36.7 Å². The first-order chi connectivity index (χ1) is 21.8. The summed E-state index contributed by atoms with van der Waals surface area (Å²) in [6, 6.07) is 48.5. The molecule has 0 saturated carbocycles. The lowest BCUT2D eigenvalue weighted by atomic mass is 10.1. The maximum atomic E-state index is 5.12. The summed E-state index contributed by atoms with van der Waals surface area (Å²) in [6.07, 6.45) is 3.75. The monoisotopic (exact) mass is 563 g/mol. The third-order valence-corrected chi connectivity index (χ3v) is 8.43. The van der Waals surface area contributed by atoms with Crippen LogP contribution < -0.4 is 0 Å². The number of benzene rings is 4. The molecule has 5 aromatic heterocycles. The van der Waals surface area contributed by atoms with Gasteiger partial charge in [0.2, 0.25) is 0 Å². The highest BCUT2D eigenvalue weighted by atomic mass is 15.1. The summed E-state index contributed by atoms with van der Waals surface area (Å²) in [4.78, 5) is 14.6. The highest BCUT2D eigenvalue weighted by Crippen LogP contribution is 2.34. The van der Waals surface area contributed by atoms with Gasteiger partial charge in [0.1, 0.15) is 5.82 Å². The molecule has 0 unspecified atom stereocenters. The molecule has 9 rings (SSSR count). The van der Waals surface area contributed by atoms with Gasteiger partial charge in [-0.1, -0.05) is 78.9 Å². The van der Waals surface area contributed by atoms with E-state index in [1.54, 1.807) is 0 Å². The summed E-state index contributed by atoms with van der Waals surface area (Å²) in [6.45, 7) is 0. The van der Waals surface area contributed by atoms with Gasteiger partial charge >= 0.3 is 0 Å². The van der Waals surface area contributed by atoms with E-state index in [4.69, 9.17) is 9.97 Å². The van der Waals surface area contributed by atoms with Gasteiger partial charge in [0.25, 0.3) is 0 Å². The molecule has 4 aromatic carbocycles. The minimum atomic E-state index is 0.817. The summed E-state index contributed by atoms with van der Waals surface area (Å²) in [7, 11) is 0. The molecule has 5 heteroatoms. The van der Waals surface area contributed by atoms with Crippen molar-refractivity contribution in [3.05, 3.63) is 152 Å². The fourth-order valence-corrected chi connectivity index (χ4v) is 6.50. The topological polar surface area (TPSA) is 48.5 Å². The number of pyridine rings is 3. The number of para-hydroxylation sites is 3. The van der Waals surface area contributed by atoms with Crippen LogP contribution in [0, 0.1) is 0 Å². The Kier molecular flexibility index (Phi) is 5.43. The predicted octanol–water partition coefficient (Wildman–Crippen LogP) is 9.40. The van der Waals surface area contributed by atoms with Crippen LogP contribution in [0.5, 0.6) is 0 Å². The van der Waals surface area contributed by atoms with Crippen molar-refractivity contribution in [1.82, 2.24) is 24.1 Å². The Balaban J connectivity index is 1.15. The molecule has 0 aliphatic rings. The summed E-state index contributed by atoms with van der Waals surface area (Å²) in [5, 5.41) is 4.84. The zero-order chi connectivity index (χ0) is 29.0. The van der Waals surface area contributed by atoms with Crippen LogP contribution >= 0.6 is 0 Å². The van der Waals surface area contributed by atoms with Crippen LogP contribution in [0.3, 0.4) is 0 Å². The average molecular weight is 564 g/mol. The van der Waals surface area contributed by atoms with Gasteiger partial charge in [-0.3, -0.25) is 9.55 Å². The van der Waals surface area contributed by atoms with E-state index >= 15 is 0 Å². The second kappa shape index (κ2) is 9.75. The summed E-state index contributed by atoms with van der Waals surface area (Å²) >= 11 is 0. The van der Waals surface area contributed by atoms with Crippen molar-refractivity contribution >= 4 is 43.6 Å². The number of aromatic nitrogens is 5. The zero-order valence-corrected chi connectivity index (χ0v) is 23.7. The fraction of sp³-hybridized carbons (Fsp3) is 0. The van der Waals surface area contributed by atoms with Gasteiger partial charge in [-0.2, -0.15) is 0 Å². The van der Waals surface area contributed by atoms with Gasteiger partial charge in [0.05, 0.1) is 45.3 Å². The van der Waals surface area contributed by atoms with E-state index in [2.05, 4.69) is 129 Å². The van der Waals surface area contributed by atoms with Gasteiger partial charge in [0, 0.05) is 39.0 Å². The van der Waals surface area contributed by atoms with E-state index < -0.39 is 0 Å². The van der Waals surface area contributed by atoms with Gasteiger partial charge in [-0.25, -0.2) is 9.97 Å². The van der Waals surface area contributed by atoms with Gasteiger partial charge in [0.15, 0.2) is 0 Å². The maximum absolute atomic E-state index is 5.12. The molecule has 9 aromatic rings. The van der Waals surface area contributed by atoms with Crippen molar-refractivity contribution in [1.29, 1.82) is 0 Å². The molecular weight excluding hydrogens is 538 g/mol. The largest absolute Gasteiger partial charge is 0.309 e. The lowest BCUT2D eigenvalue weighted by Crippen LogP contribution is -1.99. The van der Waals surface area contributed by atoms with Gasteiger partial charge < -0.3 is 4.57 Å². The van der Waals surface area contributed by atoms with Crippen LogP contribution in [0.1, 0.15) is 0 Å². The normalized spacial score (nSPS) is 11.6. The van der Waals surface area contributed by atoms with Gasteiger partial charge in [-0.05, 0) is 60.7 Å². The summed E-state index contributed by atoms with van der Waals surface area (Å²) < 4.78 is 4.52. The fourth-order valence-electron chi connectivity index (χ4n) is 6.50. The first kappa shape index (κ1) is 24.5. The van der Waals surface area contributed by atoms with Crippen LogP contribution in [0.25, 0.3) is 77.8 Å². The third kappa shape index (κ3) is 3.76. The van der Waals surface area contributed by atoms with Crippen LogP contribution in [-0.4, -0.2) is 24.1 Å². The summed E-state index contributed by atoms with van der Waals surface area (Å²) in [5.41, 5.74) is 9.21. The minimum absolute atomic E-state index is 0.817. The van der Waals surface area contributed by atoms with Crippen molar-refractivity contribution < 1.29 is 0 Å². The van der Waals surface area contributed by atoms with E-state index in [0.29, 0.717) is 0 Å². The molecule has 0 saturated heterocycles. The summed E-state index contributed by atoms with van der Waals surface area (Å²) in [5.74, 6) is 0.835. The Morgan fingerprint density at radius 1 is 0.409 bits per heavy atom. The minimum Gasteiger partial charge on any atom is -0.309 e. The Hall–Kier alpha value is -6.07. The van der Waals surface area contributed by atoms with Crippen molar-refractivity contribution in [3.8, 4) is 34.2 Å². The highest BCUT2D eigenvalue weighted by molar-refractivity contribution is 6.10. The first-order valence-corrected chi connectivity index (χ1v) is 14.7. The Bertz CT molecular complexity index is 2240. The maximum Gasteiger partial charge on any atom is 0.138 e. The molecule has 0 fully saturated rings. The molecule has 5 nitrogen and oxygen atoms in total. The molecule has 0 aliphatic heterocycles. The van der Waals surface area contributed by atoms with Crippen LogP contribution in [-0.2, 0) is 0 Å². The molecule has 0 amide bonds. The van der Waals surface area contributed by atoms with Crippen molar-refractivity contribution in [3.63, 3.8) is 0 Å². The van der Waals surface area contributed by atoms with Crippen LogP contribution in [0.15, 0.2) is 152 Å². The van der Waals surface area contributed by atoms with Gasteiger partial charge in [-0.15, -0.1) is 0 Å². The Labute approximate surface area is 253 Å². The average Bonchev–Trinajstić information content (AvgIpc) is 3.62. The lowest BCUT2D eigenvalue weighted by Gasteiger charge is -2.11. The second-order valence-electron chi connectivity index (χ2n) is 11.0. The molecule has 0 radical (unpaired) electrons. The van der Waals surface area contributed by atoms with Crippen LogP contribution in [0.4, 0.5) is 0 Å². The Morgan fingerprint density at radius 3 is 1.70 bits per heavy atom. The molecule has 206 valence electrons. The number of nitrogens with zero attached hydrogens (tertiary/aromatic N) is 5. The lowest BCUT2D eigenvalue weighted by molar-refractivity contribution is 1.07. The molecule has 44 heavy (non-hydrogen) atoms. The third-order valence-electron chi connectivity index (χ3n) is 8.43. The molecule has 0 bridgehead atoms. The van der Waals surface area contributed by atoms with E-state index in [-0.39, 0.29) is 0 Å².